The van der Waals surface area contributed by atoms with Crippen LogP contribution in [-0.4, -0.2) is 54.7 Å². The Morgan fingerprint density at radius 3 is 2.91 bits per heavy atom. The van der Waals surface area contributed by atoms with E-state index in [0.29, 0.717) is 12.6 Å². The Bertz CT molecular complexity index is 529. The van der Waals surface area contributed by atoms with E-state index in [9.17, 15) is 4.79 Å². The van der Waals surface area contributed by atoms with E-state index >= 15 is 0 Å². The van der Waals surface area contributed by atoms with Crippen molar-refractivity contribution in [2.24, 2.45) is 0 Å². The van der Waals surface area contributed by atoms with Gasteiger partial charge in [-0.2, -0.15) is 0 Å². The first-order valence-corrected chi connectivity index (χ1v) is 8.79. The van der Waals surface area contributed by atoms with Crippen LogP contribution in [0.25, 0.3) is 0 Å². The summed E-state index contributed by atoms with van der Waals surface area (Å²) in [4.78, 5) is 16.9. The molecule has 2 saturated heterocycles. The van der Waals surface area contributed by atoms with Crippen LogP contribution in [0.4, 0.5) is 10.5 Å². The first-order valence-electron chi connectivity index (χ1n) is 8.79. The van der Waals surface area contributed by atoms with E-state index in [0.717, 1.165) is 37.4 Å². The van der Waals surface area contributed by atoms with Crippen molar-refractivity contribution in [3.63, 3.8) is 0 Å². The van der Waals surface area contributed by atoms with E-state index < -0.39 is 0 Å². The average molecular weight is 317 g/mol. The number of benzene rings is 1. The Balaban J connectivity index is 1.53. The molecule has 5 nitrogen and oxygen atoms in total. The summed E-state index contributed by atoms with van der Waals surface area (Å²) in [5, 5.41) is 3.00. The minimum atomic E-state index is -0.000613. The molecule has 0 saturated carbocycles. The largest absolute Gasteiger partial charge is 0.494 e. The van der Waals surface area contributed by atoms with Gasteiger partial charge in [-0.25, -0.2) is 4.79 Å². The van der Waals surface area contributed by atoms with Gasteiger partial charge in [-0.15, -0.1) is 0 Å². The van der Waals surface area contributed by atoms with Gasteiger partial charge in [-0.1, -0.05) is 13.0 Å². The fourth-order valence-corrected chi connectivity index (χ4v) is 3.42. The predicted octanol–water partition coefficient (Wildman–Crippen LogP) is 3.18. The van der Waals surface area contributed by atoms with E-state index in [1.54, 1.807) is 0 Å². The Kier molecular flexibility index (Phi) is 5.39. The van der Waals surface area contributed by atoms with Crippen LogP contribution in [0.15, 0.2) is 24.3 Å². The van der Waals surface area contributed by atoms with Crippen molar-refractivity contribution >= 4 is 11.7 Å². The molecule has 2 amide bonds. The highest BCUT2D eigenvalue weighted by atomic mass is 16.5. The molecule has 1 aromatic carbocycles. The van der Waals surface area contributed by atoms with Crippen molar-refractivity contribution in [2.45, 2.75) is 38.6 Å². The summed E-state index contributed by atoms with van der Waals surface area (Å²) in [5.41, 5.74) is 0.799. The highest BCUT2D eigenvalue weighted by molar-refractivity contribution is 5.89. The lowest BCUT2D eigenvalue weighted by Gasteiger charge is -2.23. The first-order chi connectivity index (χ1) is 11.3. The zero-order valence-electron chi connectivity index (χ0n) is 14.0. The second-order valence-electron chi connectivity index (χ2n) is 6.44. The molecule has 3 rings (SSSR count). The molecule has 0 aromatic heterocycles. The number of hydrogen-bond donors (Lipinski definition) is 1. The number of rotatable bonds is 5. The van der Waals surface area contributed by atoms with Gasteiger partial charge in [0.2, 0.25) is 0 Å². The van der Waals surface area contributed by atoms with Crippen molar-refractivity contribution in [1.29, 1.82) is 0 Å². The highest BCUT2D eigenvalue weighted by Crippen LogP contribution is 2.22. The van der Waals surface area contributed by atoms with Gasteiger partial charge >= 0.3 is 6.03 Å². The number of amides is 2. The van der Waals surface area contributed by atoms with Gasteiger partial charge in [0.25, 0.3) is 0 Å². The number of carbonyl (C=O) groups is 1. The molecule has 0 spiro atoms. The van der Waals surface area contributed by atoms with E-state index in [2.05, 4.69) is 17.1 Å². The van der Waals surface area contributed by atoms with Gasteiger partial charge in [0.05, 0.1) is 6.61 Å². The zero-order valence-corrected chi connectivity index (χ0v) is 14.0. The molecule has 23 heavy (non-hydrogen) atoms. The lowest BCUT2D eigenvalue weighted by atomic mass is 10.2. The van der Waals surface area contributed by atoms with Gasteiger partial charge in [0.1, 0.15) is 5.75 Å². The van der Waals surface area contributed by atoms with Gasteiger partial charge in [-0.3, -0.25) is 4.90 Å². The molecule has 126 valence electrons. The standard InChI is InChI=1S/C18H27N3O2/c1-2-12-23-17-7-5-6-15(13-17)19-18(22)21-11-8-16(14-21)20-9-3-4-10-20/h5-7,13,16H,2-4,8-12,14H2,1H3,(H,19,22). The fraction of sp³-hybridized carbons (Fsp3) is 0.611. The number of hydrogen-bond acceptors (Lipinski definition) is 3. The predicted molar refractivity (Wildman–Crippen MR) is 92.0 cm³/mol. The molecule has 1 unspecified atom stereocenters. The first kappa shape index (κ1) is 16.1. The molecular weight excluding hydrogens is 290 g/mol. The van der Waals surface area contributed by atoms with Crippen LogP contribution in [0.5, 0.6) is 5.75 Å². The average Bonchev–Trinajstić information content (AvgIpc) is 3.24. The molecule has 1 atom stereocenters. The topological polar surface area (TPSA) is 44.8 Å². The molecule has 1 N–H and O–H groups in total. The molecule has 1 aromatic rings. The smallest absolute Gasteiger partial charge is 0.321 e. The zero-order chi connectivity index (χ0) is 16.1. The van der Waals surface area contributed by atoms with Crippen molar-refractivity contribution in [3.05, 3.63) is 24.3 Å². The number of anilines is 1. The van der Waals surface area contributed by atoms with Crippen LogP contribution in [-0.2, 0) is 0 Å². The molecule has 2 heterocycles. The Morgan fingerprint density at radius 2 is 2.13 bits per heavy atom. The number of carbonyl (C=O) groups excluding carboxylic acids is 1. The molecule has 0 radical (unpaired) electrons. The van der Waals surface area contributed by atoms with Crippen LogP contribution >= 0.6 is 0 Å². The molecule has 5 heteroatoms. The molecule has 2 aliphatic heterocycles. The quantitative estimate of drug-likeness (QED) is 0.907. The second-order valence-corrected chi connectivity index (χ2v) is 6.44. The van der Waals surface area contributed by atoms with Gasteiger partial charge in [-0.05, 0) is 50.9 Å². The van der Waals surface area contributed by atoms with E-state index in [1.807, 2.05) is 29.2 Å². The van der Waals surface area contributed by atoms with Crippen molar-refractivity contribution in [2.75, 3.05) is 38.1 Å². The summed E-state index contributed by atoms with van der Waals surface area (Å²) >= 11 is 0. The SMILES string of the molecule is CCCOc1cccc(NC(=O)N2CCC(N3CCCC3)C2)c1. The molecule has 2 aliphatic rings. The monoisotopic (exact) mass is 317 g/mol. The van der Waals surface area contributed by atoms with Crippen LogP contribution in [0.1, 0.15) is 32.6 Å². The molecule has 0 bridgehead atoms. The van der Waals surface area contributed by atoms with Crippen molar-refractivity contribution in [3.8, 4) is 5.75 Å². The van der Waals surface area contributed by atoms with Gasteiger partial charge in [0, 0.05) is 30.9 Å². The summed E-state index contributed by atoms with van der Waals surface area (Å²) in [7, 11) is 0. The summed E-state index contributed by atoms with van der Waals surface area (Å²) in [6, 6.07) is 8.18. The fourth-order valence-electron chi connectivity index (χ4n) is 3.42. The summed E-state index contributed by atoms with van der Waals surface area (Å²) < 4.78 is 5.62. The number of nitrogens with zero attached hydrogens (tertiary/aromatic N) is 2. The van der Waals surface area contributed by atoms with Crippen LogP contribution in [0, 0.1) is 0 Å². The summed E-state index contributed by atoms with van der Waals surface area (Å²) in [5.74, 6) is 0.806. The van der Waals surface area contributed by atoms with Crippen LogP contribution in [0.3, 0.4) is 0 Å². The summed E-state index contributed by atoms with van der Waals surface area (Å²) in [6.07, 6.45) is 4.66. The van der Waals surface area contributed by atoms with Crippen molar-refractivity contribution in [1.82, 2.24) is 9.80 Å². The summed E-state index contributed by atoms with van der Waals surface area (Å²) in [6.45, 7) is 6.85. The molecular formula is C18H27N3O2. The third-order valence-electron chi connectivity index (χ3n) is 4.67. The Hall–Kier alpha value is -1.75. The maximum atomic E-state index is 12.5. The number of ether oxygens (including phenoxy) is 1. The van der Waals surface area contributed by atoms with Crippen LogP contribution in [0.2, 0.25) is 0 Å². The maximum Gasteiger partial charge on any atom is 0.321 e. The minimum absolute atomic E-state index is 0.000613. The molecule has 0 aliphatic carbocycles. The lowest BCUT2D eigenvalue weighted by molar-refractivity contribution is 0.210. The second kappa shape index (κ2) is 7.68. The lowest BCUT2D eigenvalue weighted by Crippen LogP contribution is -2.38. The van der Waals surface area contributed by atoms with E-state index in [1.165, 1.54) is 25.9 Å². The minimum Gasteiger partial charge on any atom is -0.494 e. The van der Waals surface area contributed by atoms with E-state index in [4.69, 9.17) is 4.74 Å². The third-order valence-corrected chi connectivity index (χ3v) is 4.67. The number of likely N-dealkylation sites (tertiary alicyclic amines) is 2. The molecule has 2 fully saturated rings. The van der Waals surface area contributed by atoms with Gasteiger partial charge in [0.15, 0.2) is 0 Å². The van der Waals surface area contributed by atoms with E-state index in [-0.39, 0.29) is 6.03 Å². The maximum absolute atomic E-state index is 12.5. The highest BCUT2D eigenvalue weighted by Gasteiger charge is 2.31. The third kappa shape index (κ3) is 4.16. The van der Waals surface area contributed by atoms with Crippen LogP contribution < -0.4 is 10.1 Å². The number of urea groups is 1. The normalized spacial score (nSPS) is 21.6. The number of nitrogens with one attached hydrogen (secondary N) is 1. The van der Waals surface area contributed by atoms with Crippen molar-refractivity contribution < 1.29 is 9.53 Å². The van der Waals surface area contributed by atoms with Gasteiger partial charge < -0.3 is 15.0 Å². The Labute approximate surface area is 138 Å². The Morgan fingerprint density at radius 1 is 1.30 bits per heavy atom.